The van der Waals surface area contributed by atoms with Crippen LogP contribution in [0.4, 0.5) is 0 Å². The number of carbonyl (C=O) groups is 1. The Morgan fingerprint density at radius 2 is 1.76 bits per heavy atom. The van der Waals surface area contributed by atoms with Crippen molar-refractivity contribution in [2.75, 3.05) is 33.3 Å². The summed E-state index contributed by atoms with van der Waals surface area (Å²) in [5, 5.41) is 29.8. The van der Waals surface area contributed by atoms with Gasteiger partial charge in [-0.15, -0.1) is 0 Å². The highest BCUT2D eigenvalue weighted by Gasteiger charge is 2.37. The highest BCUT2D eigenvalue weighted by Crippen LogP contribution is 2.44. The number of aliphatic hydroxyl groups excluding tert-OH is 1. The van der Waals surface area contributed by atoms with Gasteiger partial charge in [0.1, 0.15) is 22.8 Å². The number of fused-ring (bicyclic) bond motifs is 2. The summed E-state index contributed by atoms with van der Waals surface area (Å²) in [5.74, 6) is -0.169. The molecule has 0 spiro atoms. The Labute approximate surface area is 296 Å². The summed E-state index contributed by atoms with van der Waals surface area (Å²) < 4.78 is 12.1. The van der Waals surface area contributed by atoms with Crippen molar-refractivity contribution in [2.24, 2.45) is 5.92 Å². The highest BCUT2D eigenvalue weighted by atomic mass is 16.5. The van der Waals surface area contributed by atoms with Crippen molar-refractivity contribution < 1.29 is 24.2 Å². The second-order valence-electron chi connectivity index (χ2n) is 14.0. The molecule has 260 valence electrons. The second-order valence-corrected chi connectivity index (χ2v) is 14.0. The standard InChI is InChI=1S/C40H40N6O5/c1-22-26(6-4-8-28(22)34-18-42-35(39(44-34)50-3)21-45-14-13-25(47)20-45)27-7-5-9-29(23(27)2)38-43-33-16-31-30(32(17-41)37(33)51-38)10-11-36(31)46-15-12-24(19-46)40(48)49/h4-9,16,18,24-25,36,47H,10-15,19-21H2,1-3H3,(H,48,49)/t24-,25-,36-/m1/s1. The molecule has 2 aliphatic heterocycles. The molecule has 2 saturated heterocycles. The van der Waals surface area contributed by atoms with E-state index in [4.69, 9.17) is 24.1 Å². The normalized spacial score (nSPS) is 20.6. The van der Waals surface area contributed by atoms with Gasteiger partial charge < -0.3 is 19.4 Å². The van der Waals surface area contributed by atoms with E-state index in [2.05, 4.69) is 41.8 Å². The lowest BCUT2D eigenvalue weighted by Gasteiger charge is -2.24. The maximum Gasteiger partial charge on any atom is 0.307 e. The molecule has 2 aromatic heterocycles. The molecule has 0 radical (unpaired) electrons. The van der Waals surface area contributed by atoms with Crippen LogP contribution in [-0.2, 0) is 17.8 Å². The van der Waals surface area contributed by atoms with Gasteiger partial charge in [0.25, 0.3) is 0 Å². The van der Waals surface area contributed by atoms with Crippen molar-refractivity contribution in [1.82, 2.24) is 24.8 Å². The molecular formula is C40H40N6O5. The molecule has 5 aromatic rings. The molecule has 2 fully saturated rings. The van der Waals surface area contributed by atoms with Crippen LogP contribution in [0.15, 0.2) is 53.1 Å². The number of β-amino-alcohol motifs (C(OH)–C–C–N with tert-alkyl or cyclic N) is 1. The Kier molecular flexibility index (Phi) is 8.54. The van der Waals surface area contributed by atoms with Gasteiger partial charge in [0, 0.05) is 43.3 Å². The van der Waals surface area contributed by atoms with Crippen molar-refractivity contribution in [3.05, 3.63) is 82.2 Å². The molecule has 0 bridgehead atoms. The zero-order chi connectivity index (χ0) is 35.4. The SMILES string of the molecule is COc1nc(-c2cccc(-c3cccc(-c4nc5cc6c(c(C#N)c5o4)CC[C@H]6N4CC[C@@H](C(=O)O)C4)c3C)c2C)cnc1CN1CC[C@@H](O)C1. The predicted octanol–water partition coefficient (Wildman–Crippen LogP) is 6.08. The van der Waals surface area contributed by atoms with Gasteiger partial charge in [0.2, 0.25) is 11.8 Å². The summed E-state index contributed by atoms with van der Waals surface area (Å²) in [7, 11) is 1.61. The molecule has 3 atom stereocenters. The van der Waals surface area contributed by atoms with Crippen LogP contribution < -0.4 is 4.74 Å². The minimum Gasteiger partial charge on any atom is -0.481 e. The first-order valence-corrected chi connectivity index (χ1v) is 17.6. The number of likely N-dealkylation sites (tertiary alicyclic amines) is 2. The van der Waals surface area contributed by atoms with Crippen LogP contribution in [0, 0.1) is 31.1 Å². The number of aromatic nitrogens is 3. The van der Waals surface area contributed by atoms with Gasteiger partial charge in [-0.1, -0.05) is 30.3 Å². The van der Waals surface area contributed by atoms with Crippen LogP contribution in [0.25, 0.3) is 44.9 Å². The monoisotopic (exact) mass is 684 g/mol. The van der Waals surface area contributed by atoms with E-state index < -0.39 is 5.97 Å². The van der Waals surface area contributed by atoms with Gasteiger partial charge >= 0.3 is 5.97 Å². The van der Waals surface area contributed by atoms with E-state index in [9.17, 15) is 20.3 Å². The van der Waals surface area contributed by atoms with Crippen molar-refractivity contribution in [3.63, 3.8) is 0 Å². The predicted molar refractivity (Wildman–Crippen MR) is 191 cm³/mol. The van der Waals surface area contributed by atoms with E-state index in [1.165, 1.54) is 0 Å². The fraction of sp³-hybridized carbons (Fsp3) is 0.375. The first-order valence-electron chi connectivity index (χ1n) is 17.6. The molecule has 11 nitrogen and oxygen atoms in total. The Hall–Kier alpha value is -5.15. The summed E-state index contributed by atoms with van der Waals surface area (Å²) in [6, 6.07) is 16.8. The molecule has 51 heavy (non-hydrogen) atoms. The molecule has 3 aliphatic rings. The van der Waals surface area contributed by atoms with Crippen molar-refractivity contribution in [1.29, 1.82) is 5.26 Å². The average Bonchev–Trinajstić information content (AvgIpc) is 3.94. The molecule has 0 unspecified atom stereocenters. The molecule has 0 amide bonds. The quantitative estimate of drug-likeness (QED) is 0.196. The molecule has 0 saturated carbocycles. The van der Waals surface area contributed by atoms with E-state index in [1.807, 2.05) is 30.3 Å². The number of nitriles is 1. The first kappa shape index (κ1) is 33.0. The smallest absolute Gasteiger partial charge is 0.307 e. The summed E-state index contributed by atoms with van der Waals surface area (Å²) in [4.78, 5) is 30.6. The van der Waals surface area contributed by atoms with Crippen molar-refractivity contribution in [2.45, 2.75) is 58.2 Å². The Morgan fingerprint density at radius 3 is 2.45 bits per heavy atom. The highest BCUT2D eigenvalue weighted by molar-refractivity contribution is 5.87. The number of oxazole rings is 1. The minimum absolute atomic E-state index is 0.0706. The first-order chi connectivity index (χ1) is 24.7. The molecule has 3 aromatic carbocycles. The lowest BCUT2D eigenvalue weighted by molar-refractivity contribution is -0.141. The zero-order valence-corrected chi connectivity index (χ0v) is 29.0. The molecule has 8 rings (SSSR count). The maximum atomic E-state index is 11.6. The van der Waals surface area contributed by atoms with Crippen LogP contribution in [0.3, 0.4) is 0 Å². The van der Waals surface area contributed by atoms with Crippen LogP contribution in [0.5, 0.6) is 5.88 Å². The summed E-state index contributed by atoms with van der Waals surface area (Å²) in [6.45, 7) is 7.39. The number of rotatable bonds is 8. The molecule has 4 heterocycles. The van der Waals surface area contributed by atoms with Crippen molar-refractivity contribution in [3.8, 4) is 45.8 Å². The maximum absolute atomic E-state index is 11.6. The van der Waals surface area contributed by atoms with E-state index in [0.717, 1.165) is 82.6 Å². The van der Waals surface area contributed by atoms with Crippen LogP contribution in [0.1, 0.15) is 58.8 Å². The third-order valence-corrected chi connectivity index (χ3v) is 11.1. The lowest BCUT2D eigenvalue weighted by atomic mass is 9.90. The molecule has 11 heteroatoms. The Balaban J connectivity index is 1.12. The fourth-order valence-electron chi connectivity index (χ4n) is 8.34. The summed E-state index contributed by atoms with van der Waals surface area (Å²) >= 11 is 0. The Morgan fingerprint density at radius 1 is 1.02 bits per heavy atom. The zero-order valence-electron chi connectivity index (χ0n) is 29.0. The third kappa shape index (κ3) is 5.83. The van der Waals surface area contributed by atoms with E-state index in [0.29, 0.717) is 60.2 Å². The summed E-state index contributed by atoms with van der Waals surface area (Å²) in [6.07, 6.45) is 4.47. The second kappa shape index (κ2) is 13.2. The van der Waals surface area contributed by atoms with Crippen LogP contribution in [0.2, 0.25) is 0 Å². The van der Waals surface area contributed by atoms with E-state index >= 15 is 0 Å². The number of methoxy groups -OCH3 is 1. The largest absolute Gasteiger partial charge is 0.481 e. The van der Waals surface area contributed by atoms with E-state index in [1.54, 1.807) is 13.3 Å². The number of hydrogen-bond acceptors (Lipinski definition) is 10. The lowest BCUT2D eigenvalue weighted by Crippen LogP contribution is -2.26. The summed E-state index contributed by atoms with van der Waals surface area (Å²) in [5.41, 5.74) is 11.1. The fourth-order valence-corrected chi connectivity index (χ4v) is 8.34. The number of carboxylic acid groups (broad SMARTS) is 1. The number of carboxylic acids is 1. The average molecular weight is 685 g/mol. The number of nitrogens with zero attached hydrogens (tertiary/aromatic N) is 6. The van der Waals surface area contributed by atoms with Gasteiger partial charge in [-0.25, -0.2) is 9.97 Å². The third-order valence-electron chi connectivity index (χ3n) is 11.1. The van der Waals surface area contributed by atoms with Gasteiger partial charge in [-0.05, 0) is 91.6 Å². The number of ether oxygens (including phenoxy) is 1. The minimum atomic E-state index is -0.747. The van der Waals surface area contributed by atoms with Gasteiger partial charge in [0.05, 0.1) is 31.0 Å². The molecular weight excluding hydrogens is 644 g/mol. The number of aliphatic carboxylic acids is 1. The van der Waals surface area contributed by atoms with Crippen molar-refractivity contribution >= 4 is 17.1 Å². The Bertz CT molecular complexity index is 2220. The van der Waals surface area contributed by atoms with Gasteiger partial charge in [0.15, 0.2) is 5.58 Å². The number of hydrogen-bond donors (Lipinski definition) is 2. The topological polar surface area (TPSA) is 149 Å². The molecule has 1 aliphatic carbocycles. The van der Waals surface area contributed by atoms with Crippen LogP contribution in [-0.4, -0.2) is 80.3 Å². The van der Waals surface area contributed by atoms with Gasteiger partial charge in [-0.2, -0.15) is 5.26 Å². The van der Waals surface area contributed by atoms with Gasteiger partial charge in [-0.3, -0.25) is 19.6 Å². The van der Waals surface area contributed by atoms with E-state index in [-0.39, 0.29) is 18.1 Å². The molecule has 2 N–H and O–H groups in total. The van der Waals surface area contributed by atoms with Crippen LogP contribution >= 0.6 is 0 Å². The number of aliphatic hydroxyl groups is 1. The number of benzene rings is 3.